The summed E-state index contributed by atoms with van der Waals surface area (Å²) in [5.41, 5.74) is 21.6. The molecule has 2 heteroatoms. The number of aromatic nitrogens is 1. The minimum atomic E-state index is -0.449. The molecule has 0 saturated carbocycles. The van der Waals surface area contributed by atoms with Crippen molar-refractivity contribution >= 4 is 38.9 Å². The average Bonchev–Trinajstić information content (AvgIpc) is 3.85. The first kappa shape index (κ1) is 35.5. The van der Waals surface area contributed by atoms with Gasteiger partial charge in [-0.15, -0.1) is 0 Å². The summed E-state index contributed by atoms with van der Waals surface area (Å²) in [7, 11) is 0. The van der Waals surface area contributed by atoms with Gasteiger partial charge in [-0.3, -0.25) is 0 Å². The zero-order valence-electron chi connectivity index (χ0n) is 34.5. The average molecular weight is 801 g/mol. The van der Waals surface area contributed by atoms with Gasteiger partial charge in [0.25, 0.3) is 0 Å². The fraction of sp³-hybridized carbons (Fsp3) is 0.0164. The lowest BCUT2D eigenvalue weighted by Gasteiger charge is -2.39. The van der Waals surface area contributed by atoms with E-state index in [1.165, 1.54) is 94.3 Å². The summed E-state index contributed by atoms with van der Waals surface area (Å²) < 4.78 is 2.54. The van der Waals surface area contributed by atoms with E-state index in [4.69, 9.17) is 0 Å². The minimum absolute atomic E-state index is 0.449. The number of anilines is 3. The summed E-state index contributed by atoms with van der Waals surface area (Å²) in [5.74, 6) is 0. The van der Waals surface area contributed by atoms with Gasteiger partial charge in [0.2, 0.25) is 0 Å². The zero-order chi connectivity index (χ0) is 41.5. The molecule has 11 aromatic rings. The molecule has 0 amide bonds. The van der Waals surface area contributed by atoms with Gasteiger partial charge >= 0.3 is 0 Å². The van der Waals surface area contributed by atoms with Crippen LogP contribution in [0.4, 0.5) is 17.1 Å². The SMILES string of the molecule is c1ccc(-c2cccc(-c3cccc(N(c4ccc5c(c4)c4cccc6c4n5-c4ccccc4C64c5ccccc5-c5ccccc54)c4ccccc4-c4ccccc4)c3)c2)cc1. The van der Waals surface area contributed by atoms with E-state index in [1.54, 1.807) is 0 Å². The van der Waals surface area contributed by atoms with Gasteiger partial charge in [-0.1, -0.05) is 194 Å². The molecular weight excluding hydrogens is 761 g/mol. The Balaban J connectivity index is 1.06. The Bertz CT molecular complexity index is 3530. The minimum Gasteiger partial charge on any atom is -0.310 e. The third-order valence-electron chi connectivity index (χ3n) is 13.6. The lowest BCUT2D eigenvalue weighted by atomic mass is 9.65. The van der Waals surface area contributed by atoms with Crippen molar-refractivity contribution in [1.82, 2.24) is 4.57 Å². The van der Waals surface area contributed by atoms with Crippen LogP contribution in [-0.2, 0) is 5.41 Å². The van der Waals surface area contributed by atoms with Gasteiger partial charge in [0.05, 0.1) is 27.8 Å². The van der Waals surface area contributed by atoms with Crippen LogP contribution in [0, 0.1) is 0 Å². The molecule has 2 aliphatic rings. The van der Waals surface area contributed by atoms with Gasteiger partial charge in [0, 0.05) is 27.7 Å². The molecule has 13 rings (SSSR count). The van der Waals surface area contributed by atoms with Crippen molar-refractivity contribution in [2.75, 3.05) is 4.90 Å². The molecule has 0 atom stereocenters. The first-order valence-electron chi connectivity index (χ1n) is 21.8. The molecule has 63 heavy (non-hydrogen) atoms. The third kappa shape index (κ3) is 5.19. The van der Waals surface area contributed by atoms with E-state index in [1.807, 2.05) is 0 Å². The van der Waals surface area contributed by atoms with E-state index in [0.717, 1.165) is 17.1 Å². The van der Waals surface area contributed by atoms with Crippen molar-refractivity contribution in [3.05, 3.63) is 265 Å². The highest BCUT2D eigenvalue weighted by atomic mass is 15.1. The van der Waals surface area contributed by atoms with Crippen LogP contribution in [0.5, 0.6) is 0 Å². The van der Waals surface area contributed by atoms with Crippen LogP contribution in [0.3, 0.4) is 0 Å². The maximum Gasteiger partial charge on any atom is 0.0754 e. The van der Waals surface area contributed by atoms with Gasteiger partial charge in [0.15, 0.2) is 0 Å². The Kier molecular flexibility index (Phi) is 7.85. The van der Waals surface area contributed by atoms with Crippen LogP contribution < -0.4 is 4.90 Å². The number of nitrogens with zero attached hydrogens (tertiary/aromatic N) is 2. The predicted octanol–water partition coefficient (Wildman–Crippen LogP) is 15.9. The van der Waals surface area contributed by atoms with Crippen molar-refractivity contribution in [2.45, 2.75) is 5.41 Å². The molecule has 0 bridgehead atoms. The Morgan fingerprint density at radius 3 is 1.59 bits per heavy atom. The lowest BCUT2D eigenvalue weighted by Crippen LogP contribution is -2.33. The van der Waals surface area contributed by atoms with Crippen molar-refractivity contribution < 1.29 is 0 Å². The summed E-state index contributed by atoms with van der Waals surface area (Å²) in [4.78, 5) is 2.46. The molecule has 294 valence electrons. The van der Waals surface area contributed by atoms with Crippen molar-refractivity contribution in [3.8, 4) is 50.2 Å². The molecule has 0 fully saturated rings. The lowest BCUT2D eigenvalue weighted by molar-refractivity contribution is 0.748. The summed E-state index contributed by atoms with van der Waals surface area (Å²) in [6.07, 6.45) is 0. The molecule has 1 aromatic heterocycles. The maximum atomic E-state index is 2.54. The second kappa shape index (κ2) is 13.9. The number of benzene rings is 10. The zero-order valence-corrected chi connectivity index (χ0v) is 34.5. The number of hydrogen-bond donors (Lipinski definition) is 0. The fourth-order valence-corrected chi connectivity index (χ4v) is 11.0. The summed E-state index contributed by atoms with van der Waals surface area (Å²) in [6, 6.07) is 89.5. The van der Waals surface area contributed by atoms with Crippen molar-refractivity contribution in [2.24, 2.45) is 0 Å². The highest BCUT2D eigenvalue weighted by Crippen LogP contribution is 2.61. The van der Waals surface area contributed by atoms with Gasteiger partial charge in [0.1, 0.15) is 0 Å². The molecule has 0 unspecified atom stereocenters. The fourth-order valence-electron chi connectivity index (χ4n) is 11.0. The second-order valence-corrected chi connectivity index (χ2v) is 16.8. The predicted molar refractivity (Wildman–Crippen MR) is 263 cm³/mol. The van der Waals surface area contributed by atoms with E-state index >= 15 is 0 Å². The Morgan fingerprint density at radius 1 is 0.317 bits per heavy atom. The van der Waals surface area contributed by atoms with Gasteiger partial charge in [-0.05, 0) is 110 Å². The van der Waals surface area contributed by atoms with E-state index in [9.17, 15) is 0 Å². The molecule has 0 N–H and O–H groups in total. The van der Waals surface area contributed by atoms with Gasteiger partial charge < -0.3 is 9.47 Å². The monoisotopic (exact) mass is 800 g/mol. The van der Waals surface area contributed by atoms with E-state index in [-0.39, 0.29) is 0 Å². The van der Waals surface area contributed by atoms with E-state index < -0.39 is 5.41 Å². The van der Waals surface area contributed by atoms with Crippen LogP contribution in [0.25, 0.3) is 72.0 Å². The van der Waals surface area contributed by atoms with E-state index in [2.05, 4.69) is 252 Å². The highest BCUT2D eigenvalue weighted by Gasteiger charge is 2.50. The van der Waals surface area contributed by atoms with Crippen LogP contribution in [0.15, 0.2) is 243 Å². The van der Waals surface area contributed by atoms with Crippen LogP contribution >= 0.6 is 0 Å². The molecule has 0 saturated heterocycles. The third-order valence-corrected chi connectivity index (χ3v) is 13.6. The Labute approximate surface area is 367 Å². The van der Waals surface area contributed by atoms with Gasteiger partial charge in [-0.25, -0.2) is 0 Å². The standard InChI is InChI=1S/C61H40N2/c1-3-18-41(19-4-1)43-22-15-23-44(38-43)45-24-16-25-46(39-45)62(57-34-13-9-26-48(57)42-20-5-2-6-21-42)47-36-37-58-52(40-47)51-29-17-33-56-60(51)63(58)59-35-14-12-32-55(59)61(56)53-30-10-7-27-49(53)50-28-8-11-31-54(50)61/h1-40H. The number of hydrogen-bond acceptors (Lipinski definition) is 1. The van der Waals surface area contributed by atoms with Gasteiger partial charge in [-0.2, -0.15) is 0 Å². The molecular formula is C61H40N2. The molecule has 0 radical (unpaired) electrons. The Morgan fingerprint density at radius 2 is 0.841 bits per heavy atom. The van der Waals surface area contributed by atoms with Crippen LogP contribution in [-0.4, -0.2) is 4.57 Å². The molecule has 2 nitrogen and oxygen atoms in total. The molecule has 1 spiro atoms. The topological polar surface area (TPSA) is 8.17 Å². The smallest absolute Gasteiger partial charge is 0.0754 e. The molecule has 1 aliphatic heterocycles. The molecule has 2 heterocycles. The van der Waals surface area contributed by atoms with Crippen molar-refractivity contribution in [3.63, 3.8) is 0 Å². The number of rotatable bonds is 6. The largest absolute Gasteiger partial charge is 0.310 e. The van der Waals surface area contributed by atoms with E-state index in [0.29, 0.717) is 0 Å². The number of para-hydroxylation sites is 3. The summed E-state index contributed by atoms with van der Waals surface area (Å²) in [6.45, 7) is 0. The van der Waals surface area contributed by atoms with Crippen LogP contribution in [0.1, 0.15) is 22.3 Å². The first-order valence-corrected chi connectivity index (χ1v) is 21.8. The van der Waals surface area contributed by atoms with Crippen LogP contribution in [0.2, 0.25) is 0 Å². The highest BCUT2D eigenvalue weighted by molar-refractivity contribution is 6.14. The second-order valence-electron chi connectivity index (χ2n) is 16.8. The normalized spacial score (nSPS) is 12.9. The quantitative estimate of drug-likeness (QED) is 0.163. The maximum absolute atomic E-state index is 2.54. The number of fused-ring (bicyclic) bond motifs is 12. The summed E-state index contributed by atoms with van der Waals surface area (Å²) >= 11 is 0. The summed E-state index contributed by atoms with van der Waals surface area (Å²) in [5, 5.41) is 2.48. The molecule has 1 aliphatic carbocycles. The first-order chi connectivity index (χ1) is 31.3. The van der Waals surface area contributed by atoms with Crippen molar-refractivity contribution in [1.29, 1.82) is 0 Å². The molecule has 10 aromatic carbocycles. The Hall–Kier alpha value is -8.20.